The highest BCUT2D eigenvalue weighted by Gasteiger charge is 2.23. The van der Waals surface area contributed by atoms with Crippen LogP contribution in [0.25, 0.3) is 26.0 Å². The van der Waals surface area contributed by atoms with Crippen LogP contribution in [-0.2, 0) is 11.3 Å². The highest BCUT2D eigenvalue weighted by atomic mass is 35.5. The molecule has 0 saturated heterocycles. The molecule has 1 aliphatic rings. The van der Waals surface area contributed by atoms with Crippen LogP contribution in [0.1, 0.15) is 25.7 Å². The number of halogens is 1. The average Bonchev–Trinajstić information content (AvgIpc) is 3.40. The van der Waals surface area contributed by atoms with Gasteiger partial charge in [0, 0.05) is 16.1 Å². The summed E-state index contributed by atoms with van der Waals surface area (Å²) in [5.74, 6) is -0.227. The number of hydrogen-bond donors (Lipinski definition) is 1. The summed E-state index contributed by atoms with van der Waals surface area (Å²) in [5.41, 5.74) is -0.193. The summed E-state index contributed by atoms with van der Waals surface area (Å²) in [6, 6.07) is 14.4. The molecule has 0 atom stereocenters. The Hall–Kier alpha value is -2.90. The molecule has 1 saturated carbocycles. The van der Waals surface area contributed by atoms with Crippen molar-refractivity contribution in [2.45, 2.75) is 38.3 Å². The van der Waals surface area contributed by atoms with E-state index in [4.69, 9.17) is 11.6 Å². The van der Waals surface area contributed by atoms with E-state index in [0.717, 1.165) is 40.3 Å². The molecule has 8 heteroatoms. The normalized spacial score (nSPS) is 14.5. The third-order valence-corrected chi connectivity index (χ3v) is 7.24. The molecule has 158 valence electrons. The number of rotatable bonds is 4. The topological polar surface area (TPSA) is 73.1 Å². The van der Waals surface area contributed by atoms with Crippen LogP contribution in [-0.4, -0.2) is 21.1 Å². The fraction of sp³-hybridized carbons (Fsp3) is 0.261. The number of thiophene rings is 1. The molecule has 0 bridgehead atoms. The second-order valence-corrected chi connectivity index (χ2v) is 9.24. The molecule has 5 rings (SSSR count). The van der Waals surface area contributed by atoms with Crippen LogP contribution in [0, 0.1) is 0 Å². The zero-order chi connectivity index (χ0) is 21.5. The van der Waals surface area contributed by atoms with Crippen LogP contribution < -0.4 is 16.6 Å². The maximum absolute atomic E-state index is 13.6. The Bertz CT molecular complexity index is 1430. The lowest BCUT2D eigenvalue weighted by atomic mass is 10.2. The molecule has 31 heavy (non-hydrogen) atoms. The van der Waals surface area contributed by atoms with E-state index in [1.165, 1.54) is 15.9 Å². The molecule has 4 aromatic rings. The van der Waals surface area contributed by atoms with E-state index in [1.807, 2.05) is 24.3 Å². The summed E-state index contributed by atoms with van der Waals surface area (Å²) in [6.07, 6.45) is 4.11. The van der Waals surface area contributed by atoms with Gasteiger partial charge < -0.3 is 5.32 Å². The summed E-state index contributed by atoms with van der Waals surface area (Å²) in [4.78, 5) is 39.8. The first-order valence-electron chi connectivity index (χ1n) is 10.3. The van der Waals surface area contributed by atoms with Gasteiger partial charge in [0.05, 0.1) is 16.2 Å². The first-order valence-corrected chi connectivity index (χ1v) is 11.5. The first-order chi connectivity index (χ1) is 15.0. The van der Waals surface area contributed by atoms with Crippen molar-refractivity contribution in [3.63, 3.8) is 0 Å². The van der Waals surface area contributed by atoms with Gasteiger partial charge in [-0.1, -0.05) is 54.8 Å². The van der Waals surface area contributed by atoms with E-state index in [1.54, 1.807) is 24.3 Å². The highest BCUT2D eigenvalue weighted by molar-refractivity contribution is 7.25. The molecule has 1 amide bonds. The molecule has 0 aliphatic heterocycles. The number of hydrogen-bond acceptors (Lipinski definition) is 4. The number of benzene rings is 2. The number of nitrogens with zero attached hydrogens (tertiary/aromatic N) is 2. The number of carbonyl (C=O) groups is 1. The molecular formula is C23H20ClN3O3S. The number of fused-ring (bicyclic) bond motifs is 3. The maximum atomic E-state index is 13.6. The molecule has 6 nitrogen and oxygen atoms in total. The van der Waals surface area contributed by atoms with Crippen molar-refractivity contribution in [3.8, 4) is 5.69 Å². The zero-order valence-corrected chi connectivity index (χ0v) is 18.2. The van der Waals surface area contributed by atoms with Gasteiger partial charge in [-0.25, -0.2) is 9.36 Å². The van der Waals surface area contributed by atoms with E-state index in [2.05, 4.69) is 5.32 Å². The highest BCUT2D eigenvalue weighted by Crippen LogP contribution is 2.31. The van der Waals surface area contributed by atoms with Crippen molar-refractivity contribution in [2.24, 2.45) is 0 Å². The van der Waals surface area contributed by atoms with E-state index >= 15 is 0 Å². The van der Waals surface area contributed by atoms with Gasteiger partial charge >= 0.3 is 5.69 Å². The van der Waals surface area contributed by atoms with Gasteiger partial charge in [-0.2, -0.15) is 0 Å². The lowest BCUT2D eigenvalue weighted by Crippen LogP contribution is -2.43. The Kier molecular flexibility index (Phi) is 5.16. The minimum absolute atomic E-state index is 0.146. The number of amides is 1. The number of carbonyl (C=O) groups excluding carboxylic acids is 1. The third kappa shape index (κ3) is 3.47. The Morgan fingerprint density at radius 1 is 1.06 bits per heavy atom. The van der Waals surface area contributed by atoms with Crippen LogP contribution in [0.3, 0.4) is 0 Å². The fourth-order valence-electron chi connectivity index (χ4n) is 4.33. The van der Waals surface area contributed by atoms with Crippen LogP contribution in [0.15, 0.2) is 58.1 Å². The van der Waals surface area contributed by atoms with E-state index in [0.29, 0.717) is 20.9 Å². The van der Waals surface area contributed by atoms with Gasteiger partial charge in [0.25, 0.3) is 5.56 Å². The summed E-state index contributed by atoms with van der Waals surface area (Å²) >= 11 is 7.64. The Morgan fingerprint density at radius 2 is 1.77 bits per heavy atom. The van der Waals surface area contributed by atoms with E-state index < -0.39 is 11.2 Å². The summed E-state index contributed by atoms with van der Waals surface area (Å²) in [6.45, 7) is -0.155. The quantitative estimate of drug-likeness (QED) is 0.506. The number of aromatic nitrogens is 2. The predicted octanol–water partition coefficient (Wildman–Crippen LogP) is 4.08. The standard InChI is InChI=1S/C23H20ClN3O3S/c24-16-10-4-5-11-17(16)27-22(29)21-20(15-9-3-6-12-18(15)31-21)26(23(27)30)13-19(28)25-14-7-1-2-8-14/h3-6,9-12,14H,1-2,7-8,13H2,(H,25,28). The molecule has 1 fully saturated rings. The fourth-order valence-corrected chi connectivity index (χ4v) is 5.69. The van der Waals surface area contributed by atoms with Gasteiger partial charge in [-0.05, 0) is 31.0 Å². The average molecular weight is 454 g/mol. The summed E-state index contributed by atoms with van der Waals surface area (Å²) in [5, 5.41) is 4.12. The van der Waals surface area contributed by atoms with E-state index in [9.17, 15) is 14.4 Å². The van der Waals surface area contributed by atoms with Crippen LogP contribution in [0.4, 0.5) is 0 Å². The molecular weight excluding hydrogens is 434 g/mol. The molecule has 2 aromatic carbocycles. The zero-order valence-electron chi connectivity index (χ0n) is 16.6. The summed E-state index contributed by atoms with van der Waals surface area (Å²) < 4.78 is 3.79. The van der Waals surface area contributed by atoms with Crippen LogP contribution >= 0.6 is 22.9 Å². The van der Waals surface area contributed by atoms with Gasteiger partial charge in [0.15, 0.2) is 0 Å². The third-order valence-electron chi connectivity index (χ3n) is 5.77. The summed E-state index contributed by atoms with van der Waals surface area (Å²) in [7, 11) is 0. The molecule has 0 radical (unpaired) electrons. The molecule has 0 unspecified atom stereocenters. The lowest BCUT2D eigenvalue weighted by molar-refractivity contribution is -0.122. The predicted molar refractivity (Wildman–Crippen MR) is 125 cm³/mol. The lowest BCUT2D eigenvalue weighted by Gasteiger charge is -2.15. The maximum Gasteiger partial charge on any atom is 0.336 e. The van der Waals surface area contributed by atoms with Gasteiger partial charge in [0.2, 0.25) is 5.91 Å². The Balaban J connectivity index is 1.75. The second kappa shape index (κ2) is 7.98. The first kappa shape index (κ1) is 20.0. The van der Waals surface area contributed by atoms with Crippen molar-refractivity contribution < 1.29 is 4.79 Å². The Morgan fingerprint density at radius 3 is 2.55 bits per heavy atom. The van der Waals surface area contributed by atoms with Gasteiger partial charge in [-0.3, -0.25) is 14.2 Å². The smallest absolute Gasteiger partial charge is 0.336 e. The molecule has 1 aliphatic carbocycles. The molecule has 1 N–H and O–H groups in total. The largest absolute Gasteiger partial charge is 0.352 e. The number of nitrogens with one attached hydrogen (secondary N) is 1. The Labute approximate surface area is 186 Å². The second-order valence-electron chi connectivity index (χ2n) is 7.79. The van der Waals surface area contributed by atoms with Crippen molar-refractivity contribution >= 4 is 49.1 Å². The van der Waals surface area contributed by atoms with Gasteiger partial charge in [-0.15, -0.1) is 11.3 Å². The van der Waals surface area contributed by atoms with Crippen LogP contribution in [0.5, 0.6) is 0 Å². The monoisotopic (exact) mass is 453 g/mol. The molecule has 2 heterocycles. The molecule has 2 aromatic heterocycles. The van der Waals surface area contributed by atoms with Crippen molar-refractivity contribution in [3.05, 3.63) is 74.4 Å². The van der Waals surface area contributed by atoms with Crippen LogP contribution in [0.2, 0.25) is 5.02 Å². The minimum Gasteiger partial charge on any atom is -0.352 e. The SMILES string of the molecule is O=C(Cn1c(=O)n(-c2ccccc2Cl)c(=O)c2sc3ccccc3c21)NC1CCCC1. The van der Waals surface area contributed by atoms with Crippen molar-refractivity contribution in [2.75, 3.05) is 0 Å². The number of para-hydroxylation sites is 1. The van der Waals surface area contributed by atoms with Crippen molar-refractivity contribution in [1.29, 1.82) is 0 Å². The molecule has 0 spiro atoms. The van der Waals surface area contributed by atoms with Crippen molar-refractivity contribution in [1.82, 2.24) is 14.5 Å². The van der Waals surface area contributed by atoms with Gasteiger partial charge in [0.1, 0.15) is 11.2 Å². The minimum atomic E-state index is -0.573. The van der Waals surface area contributed by atoms with E-state index in [-0.39, 0.29) is 18.5 Å².